The topological polar surface area (TPSA) is 222 Å². The number of urea groups is 1. The van der Waals surface area contributed by atoms with Gasteiger partial charge >= 0.3 is 29.5 Å². The van der Waals surface area contributed by atoms with E-state index in [1.807, 2.05) is 0 Å². The molecule has 2 rings (SSSR count). The quantitative estimate of drug-likeness (QED) is 0.253. The molecule has 0 aromatic heterocycles. The smallest absolute Gasteiger partial charge is 0.390 e. The number of nitrogens with zero attached hydrogens (tertiary/aromatic N) is 1. The molecule has 0 aliphatic carbocycles. The van der Waals surface area contributed by atoms with Gasteiger partial charge in [0.25, 0.3) is 0 Å². The third-order valence-corrected chi connectivity index (χ3v) is 7.88. The zero-order chi connectivity index (χ0) is 23.1. The van der Waals surface area contributed by atoms with Crippen molar-refractivity contribution in [3.63, 3.8) is 0 Å². The van der Waals surface area contributed by atoms with E-state index in [0.717, 1.165) is 4.90 Å². The molecule has 0 aromatic rings. The van der Waals surface area contributed by atoms with Gasteiger partial charge in [-0.25, -0.2) is 18.5 Å². The summed E-state index contributed by atoms with van der Waals surface area (Å²) >= 11 is 0. The first-order chi connectivity index (χ1) is 13.5. The predicted molar refractivity (Wildman–Crippen MR) is 96.9 cm³/mol. The van der Waals surface area contributed by atoms with E-state index < -0.39 is 60.5 Å². The van der Waals surface area contributed by atoms with Crippen LogP contribution >= 0.6 is 23.5 Å². The Labute approximate surface area is 170 Å². The molecule has 2 aliphatic heterocycles. The van der Waals surface area contributed by atoms with Gasteiger partial charge < -0.3 is 34.7 Å². The summed E-state index contributed by atoms with van der Waals surface area (Å²) < 4.78 is 50.9. The Balaban J connectivity index is 2.03. The molecule has 2 aliphatic rings. The maximum atomic E-state index is 12.2. The summed E-state index contributed by atoms with van der Waals surface area (Å²) in [7, 11) is -16.5. The lowest BCUT2D eigenvalue weighted by atomic mass is 10.0. The fourth-order valence-electron chi connectivity index (χ4n) is 2.64. The molecule has 30 heavy (non-hydrogen) atoms. The van der Waals surface area contributed by atoms with Crippen molar-refractivity contribution >= 4 is 29.5 Å². The van der Waals surface area contributed by atoms with Crippen molar-refractivity contribution in [1.29, 1.82) is 0 Å². The van der Waals surface area contributed by atoms with E-state index in [0.29, 0.717) is 11.3 Å². The Morgan fingerprint density at radius 1 is 1.20 bits per heavy atom. The highest BCUT2D eigenvalue weighted by Crippen LogP contribution is 2.66. The van der Waals surface area contributed by atoms with Crippen LogP contribution < -0.4 is 5.32 Å². The van der Waals surface area contributed by atoms with Crippen LogP contribution in [-0.2, 0) is 31.6 Å². The van der Waals surface area contributed by atoms with E-state index >= 15 is 0 Å². The van der Waals surface area contributed by atoms with Gasteiger partial charge in [0.05, 0.1) is 12.7 Å². The van der Waals surface area contributed by atoms with Crippen LogP contribution in [0.2, 0.25) is 0 Å². The van der Waals surface area contributed by atoms with E-state index in [-0.39, 0.29) is 0 Å². The maximum absolute atomic E-state index is 12.2. The Morgan fingerprint density at radius 2 is 1.80 bits per heavy atom. The summed E-state index contributed by atoms with van der Waals surface area (Å²) in [6.07, 6.45) is -2.09. The van der Waals surface area contributed by atoms with Crippen molar-refractivity contribution in [2.75, 3.05) is 6.61 Å². The lowest BCUT2D eigenvalue weighted by Crippen LogP contribution is -2.48. The SMILES string of the molecule is C=C1NC(=O)N(C2OC(COP(=O)(O)OP(=O)(O)OP(=O)(O)O)C(O)C2C)C=C1C. The second-order valence-corrected chi connectivity index (χ2v) is 10.8. The van der Waals surface area contributed by atoms with E-state index in [1.54, 1.807) is 13.8 Å². The lowest BCUT2D eigenvalue weighted by Gasteiger charge is -2.32. The highest BCUT2D eigenvalue weighted by Gasteiger charge is 2.47. The molecule has 1 fully saturated rings. The van der Waals surface area contributed by atoms with Crippen molar-refractivity contribution in [2.24, 2.45) is 5.92 Å². The number of aliphatic hydroxyl groups excluding tert-OH is 1. The standard InChI is InChI=1S/C12H21N2O13P3/c1-6-4-14(12(16)13-8(6)3)11-7(2)10(15)9(25-11)5-24-29(20,21)27-30(22,23)26-28(17,18)19/h4,7,9-11,15H,3,5H2,1-2H3,(H,13,16)(H,20,21)(H,22,23)(H2,17,18,19). The highest BCUT2D eigenvalue weighted by molar-refractivity contribution is 7.66. The molecule has 2 heterocycles. The first kappa shape index (κ1) is 25.3. The van der Waals surface area contributed by atoms with Crippen LogP contribution in [0.25, 0.3) is 0 Å². The van der Waals surface area contributed by atoms with Crippen molar-refractivity contribution in [3.8, 4) is 0 Å². The van der Waals surface area contributed by atoms with Gasteiger partial charge in [0.2, 0.25) is 0 Å². The number of carbonyl (C=O) groups is 1. The van der Waals surface area contributed by atoms with Gasteiger partial charge in [-0.2, -0.15) is 8.62 Å². The number of aliphatic hydroxyl groups is 1. The molecule has 1 saturated heterocycles. The molecule has 6 unspecified atom stereocenters. The fraction of sp³-hybridized carbons (Fsp3) is 0.583. The number of nitrogens with one attached hydrogen (secondary N) is 1. The molecule has 0 radical (unpaired) electrons. The summed E-state index contributed by atoms with van der Waals surface area (Å²) in [5.74, 6) is -0.680. The van der Waals surface area contributed by atoms with Crippen molar-refractivity contribution in [1.82, 2.24) is 10.2 Å². The van der Waals surface area contributed by atoms with Crippen LogP contribution in [0.1, 0.15) is 13.8 Å². The predicted octanol–water partition coefficient (Wildman–Crippen LogP) is 0.494. The largest absolute Gasteiger partial charge is 0.490 e. The minimum atomic E-state index is -5.66. The summed E-state index contributed by atoms with van der Waals surface area (Å²) in [6, 6.07) is -0.580. The monoisotopic (exact) mass is 494 g/mol. The number of carbonyl (C=O) groups excluding carboxylic acids is 1. The first-order valence-corrected chi connectivity index (χ1v) is 12.6. The summed E-state index contributed by atoms with van der Waals surface area (Å²) in [6.45, 7) is 6.03. The van der Waals surface area contributed by atoms with E-state index in [4.69, 9.17) is 19.4 Å². The van der Waals surface area contributed by atoms with Crippen LogP contribution in [0.4, 0.5) is 4.79 Å². The summed E-state index contributed by atoms with van der Waals surface area (Å²) in [5, 5.41) is 12.8. The molecule has 0 saturated carbocycles. The number of amides is 2. The molecule has 6 atom stereocenters. The van der Waals surface area contributed by atoms with Crippen LogP contribution in [0.3, 0.4) is 0 Å². The number of phosphoric acid groups is 3. The van der Waals surface area contributed by atoms with Gasteiger partial charge in [0.15, 0.2) is 0 Å². The number of allylic oxidation sites excluding steroid dienone is 1. The van der Waals surface area contributed by atoms with Gasteiger partial charge in [-0.15, -0.1) is 0 Å². The van der Waals surface area contributed by atoms with Gasteiger partial charge in [0, 0.05) is 17.8 Å². The summed E-state index contributed by atoms with van der Waals surface area (Å²) in [5.41, 5.74) is 1.00. The highest BCUT2D eigenvalue weighted by atomic mass is 31.3. The van der Waals surface area contributed by atoms with Crippen molar-refractivity contribution in [2.45, 2.75) is 32.3 Å². The number of ether oxygens (including phenoxy) is 1. The van der Waals surface area contributed by atoms with Crippen LogP contribution in [0.15, 0.2) is 24.0 Å². The molecule has 0 spiro atoms. The molecule has 0 aromatic carbocycles. The zero-order valence-corrected chi connectivity index (χ0v) is 18.3. The van der Waals surface area contributed by atoms with Crippen molar-refractivity contribution < 1.29 is 61.1 Å². The number of phosphoric ester groups is 1. The van der Waals surface area contributed by atoms with Crippen LogP contribution in [0.5, 0.6) is 0 Å². The Morgan fingerprint density at radius 3 is 2.37 bits per heavy atom. The lowest BCUT2D eigenvalue weighted by molar-refractivity contribution is -0.0554. The van der Waals surface area contributed by atoms with Gasteiger partial charge in [-0.3, -0.25) is 9.42 Å². The zero-order valence-electron chi connectivity index (χ0n) is 15.6. The maximum Gasteiger partial charge on any atom is 0.490 e. The van der Waals surface area contributed by atoms with Crippen LogP contribution in [-0.4, -0.2) is 60.7 Å². The van der Waals surface area contributed by atoms with Gasteiger partial charge in [-0.05, 0) is 12.5 Å². The van der Waals surface area contributed by atoms with Gasteiger partial charge in [0.1, 0.15) is 12.3 Å². The second-order valence-electron chi connectivity index (χ2n) is 6.43. The number of hydrogen-bond acceptors (Lipinski definition) is 9. The third-order valence-electron chi connectivity index (χ3n) is 4.08. The van der Waals surface area contributed by atoms with E-state index in [2.05, 4.69) is 25.0 Å². The third kappa shape index (κ3) is 6.54. The minimum absolute atomic E-state index is 0.381. The molecule has 18 heteroatoms. The Kier molecular flexibility index (Phi) is 7.52. The molecule has 15 nitrogen and oxygen atoms in total. The number of rotatable bonds is 8. The van der Waals surface area contributed by atoms with Crippen LogP contribution in [0, 0.1) is 5.92 Å². The average molecular weight is 494 g/mol. The molecular formula is C12H21N2O13P3. The first-order valence-electron chi connectivity index (χ1n) is 8.10. The average Bonchev–Trinajstić information content (AvgIpc) is 2.81. The molecule has 172 valence electrons. The Hall–Kier alpha value is -0.920. The summed E-state index contributed by atoms with van der Waals surface area (Å²) in [4.78, 5) is 48.9. The van der Waals surface area contributed by atoms with E-state index in [9.17, 15) is 28.5 Å². The van der Waals surface area contributed by atoms with Gasteiger partial charge in [-0.1, -0.05) is 13.5 Å². The second kappa shape index (κ2) is 8.91. The molecule has 2 amide bonds. The fourth-order valence-corrected chi connectivity index (χ4v) is 5.67. The van der Waals surface area contributed by atoms with Crippen molar-refractivity contribution in [3.05, 3.63) is 24.0 Å². The normalized spacial score (nSPS) is 31.7. The number of hydrogen-bond donors (Lipinski definition) is 6. The molecular weight excluding hydrogens is 473 g/mol. The minimum Gasteiger partial charge on any atom is -0.390 e. The Bertz CT molecular complexity index is 885. The molecule has 0 bridgehead atoms. The van der Waals surface area contributed by atoms with E-state index in [1.165, 1.54) is 6.20 Å². The molecule has 6 N–H and O–H groups in total.